The maximum Gasteiger partial charge on any atom is 0.191 e. The topological polar surface area (TPSA) is 61.8 Å². The number of nitrogens with zero attached hydrogens (tertiary/aromatic N) is 3. The fraction of sp³-hybridized carbons (Fsp3) is 0.478. The van der Waals surface area contributed by atoms with E-state index in [0.717, 1.165) is 55.5 Å². The second kappa shape index (κ2) is 10.8. The number of aryl methyl sites for hydroxylation is 1. The summed E-state index contributed by atoms with van der Waals surface area (Å²) in [6, 6.07) is 11.5. The lowest BCUT2D eigenvalue weighted by Crippen LogP contribution is -2.48. The number of halogens is 1. The highest BCUT2D eigenvalue weighted by Gasteiger charge is 2.21. The molecule has 0 saturated carbocycles. The first-order valence-electron chi connectivity index (χ1n) is 10.7. The van der Waals surface area contributed by atoms with E-state index < -0.39 is 0 Å². The lowest BCUT2D eigenvalue weighted by atomic mass is 10.1. The van der Waals surface area contributed by atoms with Gasteiger partial charge >= 0.3 is 0 Å². The standard InChI is InChI=1S/C23H32FN5O/c1-4-25-23(26-16-18-9-10-21(30-5-2)20(24)15-18)28-19-11-13-29(14-12-19)22-8-6-7-17(3)27-22/h6-10,15,19H,4-5,11-14,16H2,1-3H3,(H2,25,26,28). The molecule has 0 atom stereocenters. The molecule has 1 saturated heterocycles. The maximum absolute atomic E-state index is 14.1. The van der Waals surface area contributed by atoms with Gasteiger partial charge in [-0.25, -0.2) is 14.4 Å². The number of benzene rings is 1. The minimum Gasteiger partial charge on any atom is -0.491 e. The highest BCUT2D eigenvalue weighted by Crippen LogP contribution is 2.20. The van der Waals surface area contributed by atoms with Crippen molar-refractivity contribution in [3.63, 3.8) is 0 Å². The number of hydrogen-bond acceptors (Lipinski definition) is 4. The Morgan fingerprint density at radius 1 is 1.23 bits per heavy atom. The fourth-order valence-electron chi connectivity index (χ4n) is 3.56. The van der Waals surface area contributed by atoms with Gasteiger partial charge in [-0.2, -0.15) is 0 Å². The van der Waals surface area contributed by atoms with Crippen LogP contribution in [0.4, 0.5) is 10.2 Å². The third-order valence-corrected chi connectivity index (χ3v) is 5.09. The first-order chi connectivity index (χ1) is 14.6. The zero-order valence-corrected chi connectivity index (χ0v) is 18.1. The summed E-state index contributed by atoms with van der Waals surface area (Å²) in [6.45, 7) is 9.44. The van der Waals surface area contributed by atoms with Gasteiger partial charge in [-0.15, -0.1) is 0 Å². The van der Waals surface area contributed by atoms with Crippen LogP contribution in [0.3, 0.4) is 0 Å². The van der Waals surface area contributed by atoms with E-state index >= 15 is 0 Å². The second-order valence-electron chi connectivity index (χ2n) is 7.44. The number of guanidine groups is 1. The summed E-state index contributed by atoms with van der Waals surface area (Å²) in [5.41, 5.74) is 1.86. The summed E-state index contributed by atoms with van der Waals surface area (Å²) < 4.78 is 19.3. The fourth-order valence-corrected chi connectivity index (χ4v) is 3.56. The van der Waals surface area contributed by atoms with Gasteiger partial charge < -0.3 is 20.3 Å². The lowest BCUT2D eigenvalue weighted by Gasteiger charge is -2.34. The predicted molar refractivity (Wildman–Crippen MR) is 120 cm³/mol. The van der Waals surface area contributed by atoms with Gasteiger partial charge in [-0.05, 0) is 63.4 Å². The van der Waals surface area contributed by atoms with E-state index in [0.29, 0.717) is 19.2 Å². The van der Waals surface area contributed by atoms with E-state index in [9.17, 15) is 4.39 Å². The van der Waals surface area contributed by atoms with E-state index in [-0.39, 0.29) is 11.6 Å². The van der Waals surface area contributed by atoms with Crippen LogP contribution in [0.15, 0.2) is 41.4 Å². The van der Waals surface area contributed by atoms with Crippen LogP contribution in [0.2, 0.25) is 0 Å². The van der Waals surface area contributed by atoms with Crippen molar-refractivity contribution in [3.8, 4) is 5.75 Å². The smallest absolute Gasteiger partial charge is 0.191 e. The number of aromatic nitrogens is 1. The molecule has 6 nitrogen and oxygen atoms in total. The Balaban J connectivity index is 1.56. The average molecular weight is 414 g/mol. The zero-order valence-electron chi connectivity index (χ0n) is 18.1. The predicted octanol–water partition coefficient (Wildman–Crippen LogP) is 3.65. The Morgan fingerprint density at radius 3 is 2.70 bits per heavy atom. The number of nitrogens with one attached hydrogen (secondary N) is 2. The van der Waals surface area contributed by atoms with Crippen LogP contribution >= 0.6 is 0 Å². The number of hydrogen-bond donors (Lipinski definition) is 2. The molecule has 2 N–H and O–H groups in total. The van der Waals surface area contributed by atoms with Gasteiger partial charge in [-0.3, -0.25) is 0 Å². The van der Waals surface area contributed by atoms with Crippen molar-refractivity contribution in [2.45, 2.75) is 46.2 Å². The summed E-state index contributed by atoms with van der Waals surface area (Å²) in [5.74, 6) is 1.75. The molecule has 162 valence electrons. The largest absolute Gasteiger partial charge is 0.491 e. The Hall–Kier alpha value is -2.83. The molecular weight excluding hydrogens is 381 g/mol. The van der Waals surface area contributed by atoms with Crippen molar-refractivity contribution < 1.29 is 9.13 Å². The molecule has 2 heterocycles. The minimum atomic E-state index is -0.348. The summed E-state index contributed by atoms with van der Waals surface area (Å²) >= 11 is 0. The van der Waals surface area contributed by atoms with Crippen LogP contribution in [0.5, 0.6) is 5.75 Å². The molecule has 0 amide bonds. The number of rotatable bonds is 7. The Bertz CT molecular complexity index is 849. The van der Waals surface area contributed by atoms with Gasteiger partial charge in [0.2, 0.25) is 0 Å². The molecule has 1 fully saturated rings. The van der Waals surface area contributed by atoms with Gasteiger partial charge in [0.15, 0.2) is 17.5 Å². The van der Waals surface area contributed by atoms with Crippen LogP contribution in [0.1, 0.15) is 37.9 Å². The molecule has 3 rings (SSSR count). The Labute approximate surface area is 178 Å². The maximum atomic E-state index is 14.1. The number of aliphatic imine (C=N–C) groups is 1. The summed E-state index contributed by atoms with van der Waals surface area (Å²) in [5, 5.41) is 6.82. The van der Waals surface area contributed by atoms with Crippen molar-refractivity contribution in [1.29, 1.82) is 0 Å². The third kappa shape index (κ3) is 6.08. The molecular formula is C23H32FN5O. The van der Waals surface area contributed by atoms with E-state index in [1.54, 1.807) is 6.07 Å². The quantitative estimate of drug-likeness (QED) is 0.536. The van der Waals surface area contributed by atoms with Crippen LogP contribution in [0, 0.1) is 12.7 Å². The molecule has 30 heavy (non-hydrogen) atoms. The summed E-state index contributed by atoms with van der Waals surface area (Å²) in [4.78, 5) is 11.6. The first kappa shape index (κ1) is 21.9. The third-order valence-electron chi connectivity index (χ3n) is 5.09. The summed E-state index contributed by atoms with van der Waals surface area (Å²) in [6.07, 6.45) is 2.02. The van der Waals surface area contributed by atoms with E-state index in [2.05, 4.69) is 37.6 Å². The number of anilines is 1. The zero-order chi connectivity index (χ0) is 21.3. The molecule has 7 heteroatoms. The molecule has 1 aromatic carbocycles. The van der Waals surface area contributed by atoms with Crippen molar-refractivity contribution in [1.82, 2.24) is 15.6 Å². The minimum absolute atomic E-state index is 0.283. The number of ether oxygens (including phenoxy) is 1. The molecule has 1 aliphatic rings. The number of piperidine rings is 1. The van der Waals surface area contributed by atoms with Crippen molar-refractivity contribution >= 4 is 11.8 Å². The van der Waals surface area contributed by atoms with Crippen LogP contribution in [0.25, 0.3) is 0 Å². The van der Waals surface area contributed by atoms with Gasteiger partial charge in [0.25, 0.3) is 0 Å². The lowest BCUT2D eigenvalue weighted by molar-refractivity contribution is 0.321. The second-order valence-corrected chi connectivity index (χ2v) is 7.44. The highest BCUT2D eigenvalue weighted by molar-refractivity contribution is 5.80. The van der Waals surface area contributed by atoms with Crippen LogP contribution in [-0.4, -0.2) is 43.2 Å². The molecule has 0 spiro atoms. The highest BCUT2D eigenvalue weighted by atomic mass is 19.1. The van der Waals surface area contributed by atoms with Crippen LogP contribution in [-0.2, 0) is 6.54 Å². The van der Waals surface area contributed by atoms with Gasteiger partial charge in [0, 0.05) is 31.4 Å². The molecule has 1 aliphatic heterocycles. The Kier molecular flexibility index (Phi) is 7.88. The molecule has 0 aliphatic carbocycles. The SMILES string of the molecule is CCNC(=NCc1ccc(OCC)c(F)c1)NC1CCN(c2cccc(C)n2)CC1. The molecule has 0 unspecified atom stereocenters. The van der Waals surface area contributed by atoms with E-state index in [1.165, 1.54) is 6.07 Å². The average Bonchev–Trinajstić information content (AvgIpc) is 2.74. The van der Waals surface area contributed by atoms with Crippen LogP contribution < -0.4 is 20.3 Å². The van der Waals surface area contributed by atoms with Crippen molar-refractivity contribution in [3.05, 3.63) is 53.5 Å². The van der Waals surface area contributed by atoms with E-state index in [1.807, 2.05) is 32.9 Å². The van der Waals surface area contributed by atoms with Gasteiger partial charge in [0.05, 0.1) is 13.2 Å². The molecule has 0 bridgehead atoms. The molecule has 2 aromatic rings. The normalized spacial score (nSPS) is 15.2. The van der Waals surface area contributed by atoms with Crippen molar-refractivity contribution in [2.24, 2.45) is 4.99 Å². The van der Waals surface area contributed by atoms with E-state index in [4.69, 9.17) is 4.74 Å². The van der Waals surface area contributed by atoms with Crippen molar-refractivity contribution in [2.75, 3.05) is 31.1 Å². The van der Waals surface area contributed by atoms with Gasteiger partial charge in [0.1, 0.15) is 5.82 Å². The molecule has 0 radical (unpaired) electrons. The molecule has 1 aromatic heterocycles. The summed E-state index contributed by atoms with van der Waals surface area (Å²) in [7, 11) is 0. The van der Waals surface area contributed by atoms with Gasteiger partial charge in [-0.1, -0.05) is 12.1 Å². The Morgan fingerprint density at radius 2 is 2.03 bits per heavy atom. The number of pyridine rings is 1. The first-order valence-corrected chi connectivity index (χ1v) is 10.7. The monoisotopic (exact) mass is 413 g/mol.